The Balaban J connectivity index is 1.94. The lowest BCUT2D eigenvalue weighted by Gasteiger charge is -2.36. The van der Waals surface area contributed by atoms with E-state index < -0.39 is 33.5 Å². The summed E-state index contributed by atoms with van der Waals surface area (Å²) < 4.78 is 26.9. The van der Waals surface area contributed by atoms with Crippen molar-refractivity contribution >= 4 is 33.6 Å². The molecule has 1 atom stereocenters. The summed E-state index contributed by atoms with van der Waals surface area (Å²) in [5.41, 5.74) is -0.450. The Morgan fingerprint density at radius 2 is 1.75 bits per heavy atom. The molecule has 0 radical (unpaired) electrons. The van der Waals surface area contributed by atoms with E-state index in [0.717, 1.165) is 0 Å². The Labute approximate surface area is 171 Å². The highest BCUT2D eigenvalue weighted by atomic mass is 35.5. The lowest BCUT2D eigenvalue weighted by atomic mass is 10.1. The topological polar surface area (TPSA) is 98.8 Å². The number of carbonyl (C=O) groups excluding carboxylic acids is 2. The highest BCUT2D eigenvalue weighted by Crippen LogP contribution is 2.21. The summed E-state index contributed by atoms with van der Waals surface area (Å²) >= 11 is 5.90. The number of hydrogen-bond donors (Lipinski definition) is 2. The molecule has 1 aliphatic heterocycles. The van der Waals surface area contributed by atoms with E-state index in [1.54, 1.807) is 19.1 Å². The Morgan fingerprint density at radius 1 is 1.14 bits per heavy atom. The molecule has 2 N–H and O–H groups in total. The van der Waals surface area contributed by atoms with E-state index in [1.165, 1.54) is 16.4 Å². The largest absolute Gasteiger partial charge is 0.333 e. The Kier molecular flexibility index (Phi) is 7.08. The molecular formula is C18H27ClN4O4S. The predicted molar refractivity (Wildman–Crippen MR) is 108 cm³/mol. The third kappa shape index (κ3) is 5.91. The van der Waals surface area contributed by atoms with Gasteiger partial charge in [-0.15, -0.1) is 0 Å². The van der Waals surface area contributed by atoms with Crippen LogP contribution in [0.5, 0.6) is 0 Å². The van der Waals surface area contributed by atoms with Gasteiger partial charge in [-0.1, -0.05) is 17.7 Å². The van der Waals surface area contributed by atoms with E-state index in [9.17, 15) is 18.0 Å². The standard InChI is InChI=1S/C18H27ClN4O4S/c1-13(16(24)20-17(25)21-18(2,3)4)22-8-10-23(11-9-22)28(26,27)15-7-5-6-14(19)12-15/h5-7,12-13H,8-11H2,1-4H3,(H2,20,21,24,25). The Morgan fingerprint density at radius 3 is 2.29 bits per heavy atom. The van der Waals surface area contributed by atoms with Gasteiger partial charge in [0.25, 0.3) is 0 Å². The minimum atomic E-state index is -3.64. The summed E-state index contributed by atoms with van der Waals surface area (Å²) in [6, 6.07) is 5.05. The molecule has 1 aliphatic rings. The van der Waals surface area contributed by atoms with Crippen LogP contribution >= 0.6 is 11.6 Å². The van der Waals surface area contributed by atoms with Crippen molar-refractivity contribution in [2.75, 3.05) is 26.2 Å². The molecule has 1 aromatic carbocycles. The average Bonchev–Trinajstić information content (AvgIpc) is 2.59. The number of nitrogens with one attached hydrogen (secondary N) is 2. The first-order chi connectivity index (χ1) is 12.9. The van der Waals surface area contributed by atoms with Gasteiger partial charge >= 0.3 is 6.03 Å². The number of hydrogen-bond acceptors (Lipinski definition) is 5. The zero-order valence-corrected chi connectivity index (χ0v) is 18.1. The number of carbonyl (C=O) groups is 2. The van der Waals surface area contributed by atoms with Crippen LogP contribution in [0.2, 0.25) is 5.02 Å². The number of amides is 3. The number of sulfonamides is 1. The van der Waals surface area contributed by atoms with Crippen molar-refractivity contribution in [3.63, 3.8) is 0 Å². The van der Waals surface area contributed by atoms with Crippen molar-refractivity contribution < 1.29 is 18.0 Å². The summed E-state index contributed by atoms with van der Waals surface area (Å²) in [5, 5.41) is 5.36. The minimum Gasteiger partial charge on any atom is -0.333 e. The molecular weight excluding hydrogens is 404 g/mol. The van der Waals surface area contributed by atoms with Crippen LogP contribution in [0.4, 0.5) is 4.79 Å². The van der Waals surface area contributed by atoms with Gasteiger partial charge in [0, 0.05) is 36.7 Å². The predicted octanol–water partition coefficient (Wildman–Crippen LogP) is 1.66. The van der Waals surface area contributed by atoms with Crippen LogP contribution in [-0.2, 0) is 14.8 Å². The second-order valence-electron chi connectivity index (χ2n) is 7.77. The zero-order chi connectivity index (χ0) is 21.1. The van der Waals surface area contributed by atoms with E-state index in [1.807, 2.05) is 25.7 Å². The number of halogens is 1. The van der Waals surface area contributed by atoms with E-state index in [-0.39, 0.29) is 18.0 Å². The molecule has 1 fully saturated rings. The van der Waals surface area contributed by atoms with Gasteiger partial charge in [-0.3, -0.25) is 15.0 Å². The van der Waals surface area contributed by atoms with Crippen LogP contribution in [0, 0.1) is 0 Å². The van der Waals surface area contributed by atoms with Gasteiger partial charge in [0.2, 0.25) is 15.9 Å². The van der Waals surface area contributed by atoms with E-state index in [4.69, 9.17) is 11.6 Å². The van der Waals surface area contributed by atoms with Gasteiger partial charge in [0.15, 0.2) is 0 Å². The molecule has 0 aliphatic carbocycles. The fourth-order valence-corrected chi connectivity index (χ4v) is 4.59. The third-order valence-corrected chi connectivity index (χ3v) is 6.49. The lowest BCUT2D eigenvalue weighted by molar-refractivity contribution is -0.125. The van der Waals surface area contributed by atoms with Crippen LogP contribution < -0.4 is 10.6 Å². The normalized spacial score (nSPS) is 17.8. The van der Waals surface area contributed by atoms with E-state index in [2.05, 4.69) is 10.6 Å². The van der Waals surface area contributed by atoms with Crippen molar-refractivity contribution in [1.82, 2.24) is 19.8 Å². The average molecular weight is 431 g/mol. The molecule has 0 saturated carbocycles. The van der Waals surface area contributed by atoms with Crippen LogP contribution in [0.1, 0.15) is 27.7 Å². The Hall–Kier alpha value is -1.68. The van der Waals surface area contributed by atoms with Gasteiger partial charge in [-0.25, -0.2) is 13.2 Å². The van der Waals surface area contributed by atoms with Crippen molar-refractivity contribution in [1.29, 1.82) is 0 Å². The molecule has 1 unspecified atom stereocenters. The molecule has 0 aromatic heterocycles. The molecule has 1 saturated heterocycles. The quantitative estimate of drug-likeness (QED) is 0.756. The maximum Gasteiger partial charge on any atom is 0.321 e. The van der Waals surface area contributed by atoms with Crippen molar-refractivity contribution in [2.45, 2.75) is 44.2 Å². The van der Waals surface area contributed by atoms with Crippen LogP contribution in [0.25, 0.3) is 0 Å². The van der Waals surface area contributed by atoms with E-state index >= 15 is 0 Å². The van der Waals surface area contributed by atoms with Gasteiger partial charge in [-0.05, 0) is 45.9 Å². The van der Waals surface area contributed by atoms with E-state index in [0.29, 0.717) is 18.1 Å². The molecule has 10 heteroatoms. The van der Waals surface area contributed by atoms with Gasteiger partial charge in [0.05, 0.1) is 10.9 Å². The maximum atomic E-state index is 12.7. The monoisotopic (exact) mass is 430 g/mol. The number of nitrogens with zero attached hydrogens (tertiary/aromatic N) is 2. The first kappa shape index (κ1) is 22.6. The first-order valence-corrected chi connectivity index (χ1v) is 10.8. The summed E-state index contributed by atoms with van der Waals surface area (Å²) in [6.07, 6.45) is 0. The van der Waals surface area contributed by atoms with Crippen molar-refractivity contribution in [2.24, 2.45) is 0 Å². The highest BCUT2D eigenvalue weighted by molar-refractivity contribution is 7.89. The summed E-state index contributed by atoms with van der Waals surface area (Å²) in [7, 11) is -3.64. The number of imide groups is 1. The van der Waals surface area contributed by atoms with Crippen LogP contribution in [0.15, 0.2) is 29.2 Å². The first-order valence-electron chi connectivity index (χ1n) is 9.03. The summed E-state index contributed by atoms with van der Waals surface area (Å²) in [5.74, 6) is -0.423. The molecule has 3 amide bonds. The van der Waals surface area contributed by atoms with Crippen molar-refractivity contribution in [3.8, 4) is 0 Å². The Bertz CT molecular complexity index is 830. The number of benzene rings is 1. The third-order valence-electron chi connectivity index (χ3n) is 4.36. The number of rotatable bonds is 4. The molecule has 28 heavy (non-hydrogen) atoms. The lowest BCUT2D eigenvalue weighted by Crippen LogP contribution is -2.57. The highest BCUT2D eigenvalue weighted by Gasteiger charge is 2.32. The molecule has 0 spiro atoms. The molecule has 156 valence electrons. The second kappa shape index (κ2) is 8.77. The SMILES string of the molecule is CC(C(=O)NC(=O)NC(C)(C)C)N1CCN(S(=O)(=O)c2cccc(Cl)c2)CC1. The number of urea groups is 1. The smallest absolute Gasteiger partial charge is 0.321 e. The number of piperazine rings is 1. The molecule has 2 rings (SSSR count). The fraction of sp³-hybridized carbons (Fsp3) is 0.556. The van der Waals surface area contributed by atoms with Crippen LogP contribution in [0.3, 0.4) is 0 Å². The maximum absolute atomic E-state index is 12.7. The van der Waals surface area contributed by atoms with Crippen molar-refractivity contribution in [3.05, 3.63) is 29.3 Å². The molecule has 1 heterocycles. The molecule has 0 bridgehead atoms. The molecule has 8 nitrogen and oxygen atoms in total. The fourth-order valence-electron chi connectivity index (χ4n) is 2.86. The van der Waals surface area contributed by atoms with Gasteiger partial charge in [0.1, 0.15) is 0 Å². The minimum absolute atomic E-state index is 0.151. The van der Waals surface area contributed by atoms with Gasteiger partial charge in [-0.2, -0.15) is 4.31 Å². The summed E-state index contributed by atoms with van der Waals surface area (Å²) in [4.78, 5) is 26.2. The molecule has 1 aromatic rings. The van der Waals surface area contributed by atoms with Crippen LogP contribution in [-0.4, -0.2) is 67.3 Å². The second-order valence-corrected chi connectivity index (χ2v) is 10.1. The zero-order valence-electron chi connectivity index (χ0n) is 16.5. The summed E-state index contributed by atoms with van der Waals surface area (Å²) in [6.45, 7) is 8.42. The van der Waals surface area contributed by atoms with Gasteiger partial charge < -0.3 is 5.32 Å².